The first-order valence-corrected chi connectivity index (χ1v) is 16.2. The summed E-state index contributed by atoms with van der Waals surface area (Å²) in [4.78, 5) is 0. The molecule has 0 amide bonds. The highest BCUT2D eigenvalue weighted by Crippen LogP contribution is 2.59. The average molecular weight is 521 g/mol. The summed E-state index contributed by atoms with van der Waals surface area (Å²) in [6, 6.07) is 14.4. The minimum Gasteiger partial charge on any atom is -0.286 e. The summed E-state index contributed by atoms with van der Waals surface area (Å²) in [6.07, 6.45) is 7.85. The van der Waals surface area contributed by atoms with Gasteiger partial charge >= 0.3 is 0 Å². The lowest BCUT2D eigenvalue weighted by Gasteiger charge is -2.43. The van der Waals surface area contributed by atoms with Crippen LogP contribution in [0, 0.1) is 0 Å². The molecule has 0 aliphatic heterocycles. The van der Waals surface area contributed by atoms with Crippen molar-refractivity contribution < 1.29 is 13.0 Å². The van der Waals surface area contributed by atoms with E-state index in [1.54, 1.807) is 22.0 Å². The molecule has 0 aliphatic carbocycles. The largest absolute Gasteiger partial charge is 0.286 e. The Labute approximate surface area is 217 Å². The summed E-state index contributed by atoms with van der Waals surface area (Å²) >= 11 is 0. The summed E-state index contributed by atoms with van der Waals surface area (Å²) < 4.78 is 25.9. The van der Waals surface area contributed by atoms with Gasteiger partial charge in [-0.3, -0.25) is 4.55 Å². The van der Waals surface area contributed by atoms with E-state index in [2.05, 4.69) is 98.7 Å². The van der Waals surface area contributed by atoms with Gasteiger partial charge in [0.15, 0.2) is 0 Å². The first-order chi connectivity index (χ1) is 16.0. The van der Waals surface area contributed by atoms with Gasteiger partial charge in [-0.05, 0) is 62.7 Å². The highest BCUT2D eigenvalue weighted by molar-refractivity contribution is 7.85. The van der Waals surface area contributed by atoms with Gasteiger partial charge in [-0.2, -0.15) is 8.42 Å². The molecule has 0 fully saturated rings. The van der Waals surface area contributed by atoms with Crippen molar-refractivity contribution in [2.75, 3.05) is 6.26 Å². The predicted molar refractivity (Wildman–Crippen MR) is 157 cm³/mol. The van der Waals surface area contributed by atoms with Crippen LogP contribution in [-0.4, -0.2) is 29.5 Å². The van der Waals surface area contributed by atoms with Crippen molar-refractivity contribution in [2.45, 2.75) is 111 Å². The Bertz CT molecular complexity index is 995. The number of rotatable bonds is 8. The lowest BCUT2D eigenvalue weighted by atomic mass is 9.87. The van der Waals surface area contributed by atoms with Crippen LogP contribution < -0.4 is 5.30 Å². The lowest BCUT2D eigenvalue weighted by molar-refractivity contribution is 0.490. The van der Waals surface area contributed by atoms with Crippen molar-refractivity contribution in [1.29, 1.82) is 0 Å². The van der Waals surface area contributed by atoms with E-state index in [0.717, 1.165) is 0 Å². The van der Waals surface area contributed by atoms with Crippen LogP contribution in [0.5, 0.6) is 0 Å². The van der Waals surface area contributed by atoms with Crippen LogP contribution in [0.25, 0.3) is 11.1 Å². The molecule has 0 unspecified atom stereocenters. The van der Waals surface area contributed by atoms with Gasteiger partial charge in [-0.25, -0.2) is 0 Å². The van der Waals surface area contributed by atoms with Crippen molar-refractivity contribution in [3.8, 4) is 11.1 Å². The van der Waals surface area contributed by atoms with Crippen LogP contribution >= 0.6 is 7.92 Å². The van der Waals surface area contributed by atoms with E-state index < -0.39 is 10.1 Å². The molecule has 2 rings (SSSR count). The summed E-state index contributed by atoms with van der Waals surface area (Å²) in [5.74, 6) is 0. The Kier molecular flexibility index (Phi) is 12.1. The first kappa shape index (κ1) is 31.8. The monoisotopic (exact) mass is 520 g/mol. The van der Waals surface area contributed by atoms with Crippen LogP contribution in [0.15, 0.2) is 36.4 Å². The molecule has 198 valence electrons. The Hall–Kier alpha value is -1.22. The van der Waals surface area contributed by atoms with Crippen molar-refractivity contribution in [2.24, 2.45) is 0 Å². The summed E-state index contributed by atoms with van der Waals surface area (Å²) in [7, 11) is -4.01. The van der Waals surface area contributed by atoms with Gasteiger partial charge in [0.25, 0.3) is 10.1 Å². The number of benzene rings is 2. The Morgan fingerprint density at radius 1 is 0.771 bits per heavy atom. The summed E-state index contributed by atoms with van der Waals surface area (Å²) in [5.41, 5.74) is 7.72. The quantitative estimate of drug-likeness (QED) is 0.281. The van der Waals surface area contributed by atoms with E-state index in [1.165, 1.54) is 49.7 Å². The molecule has 0 radical (unpaired) electrons. The summed E-state index contributed by atoms with van der Waals surface area (Å²) in [6.45, 7) is 21.5. The smallest absolute Gasteiger partial charge is 0.261 e. The lowest BCUT2D eigenvalue weighted by Crippen LogP contribution is -2.32. The number of hydrogen-bond acceptors (Lipinski definition) is 2. The molecule has 0 saturated carbocycles. The Balaban J connectivity index is 0.00000111. The highest BCUT2D eigenvalue weighted by Gasteiger charge is 2.37. The standard InChI is InChI=1S/C29H45P.CH4O3S/c1-10-15-22-20-23(16-11-2)27(24(21-22)17-12-3)25-18-13-14-19-26(25)30(28(4,5)6)29(7,8)9;1-5(2,3)4/h13-14,18-21H,10-12,15-17H2,1-9H3;1H3,(H,2,3,4). The number of hydrogen-bond donors (Lipinski definition) is 1. The van der Waals surface area contributed by atoms with E-state index in [0.29, 0.717) is 6.26 Å². The zero-order chi connectivity index (χ0) is 27.0. The molecule has 5 heteroatoms. The SMILES string of the molecule is CCCc1cc(CCC)c(-c2ccccc2P(C(C)(C)C)C(C)(C)C)c(CCC)c1.CS(=O)(=O)O. The second-order valence-corrected chi connectivity index (χ2v) is 16.8. The zero-order valence-electron chi connectivity index (χ0n) is 23.8. The van der Waals surface area contributed by atoms with Crippen molar-refractivity contribution in [3.05, 3.63) is 53.1 Å². The maximum absolute atomic E-state index is 9.19. The zero-order valence-corrected chi connectivity index (χ0v) is 25.5. The second kappa shape index (κ2) is 13.4. The fourth-order valence-electron chi connectivity index (χ4n) is 5.16. The molecule has 2 aromatic rings. The molecule has 1 N–H and O–H groups in total. The molecular weight excluding hydrogens is 471 g/mol. The van der Waals surface area contributed by atoms with E-state index in [4.69, 9.17) is 4.55 Å². The van der Waals surface area contributed by atoms with Gasteiger partial charge in [0.05, 0.1) is 6.26 Å². The molecule has 0 atom stereocenters. The van der Waals surface area contributed by atoms with Crippen LogP contribution in [0.1, 0.15) is 98.3 Å². The third kappa shape index (κ3) is 10.3. The maximum atomic E-state index is 9.19. The maximum Gasteiger partial charge on any atom is 0.261 e. The van der Waals surface area contributed by atoms with E-state index in [-0.39, 0.29) is 18.2 Å². The van der Waals surface area contributed by atoms with Crippen molar-refractivity contribution >= 4 is 23.3 Å². The molecule has 0 aromatic heterocycles. The topological polar surface area (TPSA) is 54.4 Å². The van der Waals surface area contributed by atoms with Gasteiger partial charge in [0.2, 0.25) is 0 Å². The third-order valence-electron chi connectivity index (χ3n) is 5.69. The molecule has 0 aliphatic rings. The highest BCUT2D eigenvalue weighted by atomic mass is 32.2. The normalized spacial score (nSPS) is 12.5. The fraction of sp³-hybridized carbons (Fsp3) is 0.600. The first-order valence-electron chi connectivity index (χ1n) is 13.0. The fourth-order valence-corrected chi connectivity index (χ4v) is 9.28. The minimum atomic E-state index is -3.67. The Morgan fingerprint density at radius 3 is 1.54 bits per heavy atom. The van der Waals surface area contributed by atoms with Crippen molar-refractivity contribution in [3.63, 3.8) is 0 Å². The van der Waals surface area contributed by atoms with Gasteiger partial charge in [0, 0.05) is 0 Å². The van der Waals surface area contributed by atoms with E-state index in [1.807, 2.05) is 0 Å². The Morgan fingerprint density at radius 2 is 1.17 bits per heavy atom. The van der Waals surface area contributed by atoms with Gasteiger partial charge in [-0.1, -0.05) is 126 Å². The molecule has 0 spiro atoms. The van der Waals surface area contributed by atoms with Gasteiger partial charge in [-0.15, -0.1) is 0 Å². The molecule has 0 saturated heterocycles. The molecule has 0 bridgehead atoms. The van der Waals surface area contributed by atoms with E-state index >= 15 is 0 Å². The van der Waals surface area contributed by atoms with Gasteiger partial charge in [0.1, 0.15) is 0 Å². The number of aryl methyl sites for hydroxylation is 3. The molecule has 2 aromatic carbocycles. The van der Waals surface area contributed by atoms with Gasteiger partial charge < -0.3 is 0 Å². The van der Waals surface area contributed by atoms with Crippen LogP contribution in [0.3, 0.4) is 0 Å². The molecule has 3 nitrogen and oxygen atoms in total. The van der Waals surface area contributed by atoms with Crippen LogP contribution in [-0.2, 0) is 29.4 Å². The van der Waals surface area contributed by atoms with Crippen LogP contribution in [0.2, 0.25) is 0 Å². The van der Waals surface area contributed by atoms with E-state index in [9.17, 15) is 8.42 Å². The van der Waals surface area contributed by atoms with Crippen LogP contribution in [0.4, 0.5) is 0 Å². The second-order valence-electron chi connectivity index (χ2n) is 11.5. The molecular formula is C30H49O3PS. The molecule has 35 heavy (non-hydrogen) atoms. The predicted octanol–water partition coefficient (Wildman–Crippen LogP) is 8.42. The molecule has 0 heterocycles. The average Bonchev–Trinajstić information content (AvgIpc) is 2.66. The minimum absolute atomic E-state index is 0.266. The summed E-state index contributed by atoms with van der Waals surface area (Å²) in [5, 5.41) is 2.12. The third-order valence-corrected chi connectivity index (χ3v) is 9.25. The van der Waals surface area contributed by atoms with Crippen molar-refractivity contribution in [1.82, 2.24) is 0 Å².